The first-order valence-corrected chi connectivity index (χ1v) is 13.1. The zero-order valence-electron chi connectivity index (χ0n) is 20.1. The Bertz CT molecular complexity index is 1500. The van der Waals surface area contributed by atoms with Crippen LogP contribution in [0.1, 0.15) is 27.0 Å². The Morgan fingerprint density at radius 2 is 1.62 bits per heavy atom. The maximum absolute atomic E-state index is 12.5. The number of benzene rings is 3. The molecule has 0 radical (unpaired) electrons. The molecule has 1 amide bonds. The van der Waals surface area contributed by atoms with Crippen LogP contribution in [0.2, 0.25) is 5.02 Å². The maximum atomic E-state index is 12.5. The number of aryl methyl sites for hydroxylation is 1. The molecule has 0 aliphatic heterocycles. The van der Waals surface area contributed by atoms with Crippen molar-refractivity contribution in [3.05, 3.63) is 125 Å². The standard InChI is InChI=1S/C29H24ClN5OS/c1-20-6-12-24(13-7-20)35-27(25-4-2-3-5-26(25)30)33-34-29(35)37-19-22-8-10-23(11-9-22)28(36)32-18-21-14-16-31-17-15-21/h2-17H,18-19H2,1H3,(H,32,36). The Balaban J connectivity index is 1.32. The topological polar surface area (TPSA) is 72.7 Å². The number of carbonyl (C=O) groups excluding carboxylic acids is 1. The van der Waals surface area contributed by atoms with Gasteiger partial charge in [-0.2, -0.15) is 0 Å². The van der Waals surface area contributed by atoms with Gasteiger partial charge >= 0.3 is 0 Å². The predicted octanol–water partition coefficient (Wildman–Crippen LogP) is 6.51. The molecule has 6 nitrogen and oxygen atoms in total. The summed E-state index contributed by atoms with van der Waals surface area (Å²) in [4.78, 5) is 16.5. The molecule has 0 atom stereocenters. The van der Waals surface area contributed by atoms with Crippen LogP contribution in [0.4, 0.5) is 0 Å². The minimum atomic E-state index is -0.112. The van der Waals surface area contributed by atoms with E-state index >= 15 is 0 Å². The Kier molecular flexibility index (Phi) is 7.63. The van der Waals surface area contributed by atoms with Crippen LogP contribution in [-0.4, -0.2) is 25.7 Å². The number of hydrogen-bond acceptors (Lipinski definition) is 5. The lowest BCUT2D eigenvalue weighted by atomic mass is 10.1. The number of nitrogens with zero attached hydrogens (tertiary/aromatic N) is 4. The van der Waals surface area contributed by atoms with Crippen molar-refractivity contribution in [3.8, 4) is 17.1 Å². The highest BCUT2D eigenvalue weighted by Gasteiger charge is 2.18. The van der Waals surface area contributed by atoms with Crippen LogP contribution in [0.25, 0.3) is 17.1 Å². The van der Waals surface area contributed by atoms with Gasteiger partial charge in [0.2, 0.25) is 0 Å². The molecule has 0 spiro atoms. The SMILES string of the molecule is Cc1ccc(-n2c(SCc3ccc(C(=O)NCc4ccncc4)cc3)nnc2-c2ccccc2Cl)cc1. The van der Waals surface area contributed by atoms with Crippen molar-refractivity contribution in [2.45, 2.75) is 24.4 Å². The van der Waals surface area contributed by atoms with Gasteiger partial charge in [0.05, 0.1) is 5.02 Å². The summed E-state index contributed by atoms with van der Waals surface area (Å²) >= 11 is 8.08. The molecule has 0 bridgehead atoms. The number of halogens is 1. The number of pyridine rings is 1. The van der Waals surface area contributed by atoms with E-state index in [1.807, 2.05) is 65.2 Å². The van der Waals surface area contributed by atoms with Gasteiger partial charge in [-0.3, -0.25) is 14.3 Å². The van der Waals surface area contributed by atoms with Crippen LogP contribution >= 0.6 is 23.4 Å². The highest BCUT2D eigenvalue weighted by Crippen LogP contribution is 2.33. The summed E-state index contributed by atoms with van der Waals surface area (Å²) in [6.45, 7) is 2.52. The Morgan fingerprint density at radius 1 is 0.892 bits per heavy atom. The van der Waals surface area contributed by atoms with E-state index in [0.29, 0.717) is 28.7 Å². The second-order valence-electron chi connectivity index (χ2n) is 8.48. The fourth-order valence-electron chi connectivity index (χ4n) is 3.79. The molecule has 37 heavy (non-hydrogen) atoms. The summed E-state index contributed by atoms with van der Waals surface area (Å²) in [5.41, 5.74) is 5.67. The first-order valence-electron chi connectivity index (χ1n) is 11.7. The van der Waals surface area contributed by atoms with Gasteiger partial charge in [-0.15, -0.1) is 10.2 Å². The van der Waals surface area contributed by atoms with Crippen molar-refractivity contribution < 1.29 is 4.79 Å². The number of hydrogen-bond donors (Lipinski definition) is 1. The number of carbonyl (C=O) groups is 1. The van der Waals surface area contributed by atoms with Crippen LogP contribution in [0.15, 0.2) is 102 Å². The monoisotopic (exact) mass is 525 g/mol. The van der Waals surface area contributed by atoms with Gasteiger partial charge in [0.1, 0.15) is 0 Å². The molecule has 5 rings (SSSR count). The van der Waals surface area contributed by atoms with Crippen molar-refractivity contribution in [1.29, 1.82) is 0 Å². The first-order chi connectivity index (χ1) is 18.1. The molecule has 1 N–H and O–H groups in total. The molecule has 0 unspecified atom stereocenters. The molecule has 0 fully saturated rings. The molecule has 0 saturated heterocycles. The summed E-state index contributed by atoms with van der Waals surface area (Å²) in [6, 6.07) is 27.3. The third-order valence-corrected chi connectivity index (χ3v) is 7.16. The van der Waals surface area contributed by atoms with E-state index in [4.69, 9.17) is 11.6 Å². The molecule has 8 heteroatoms. The average Bonchev–Trinajstić information content (AvgIpc) is 3.36. The van der Waals surface area contributed by atoms with Gasteiger partial charge in [0.15, 0.2) is 11.0 Å². The van der Waals surface area contributed by atoms with E-state index in [2.05, 4.69) is 51.7 Å². The fourth-order valence-corrected chi connectivity index (χ4v) is 4.92. The van der Waals surface area contributed by atoms with E-state index in [9.17, 15) is 4.79 Å². The molecule has 184 valence electrons. The smallest absolute Gasteiger partial charge is 0.251 e. The van der Waals surface area contributed by atoms with E-state index in [0.717, 1.165) is 27.5 Å². The quantitative estimate of drug-likeness (QED) is 0.234. The minimum absolute atomic E-state index is 0.112. The van der Waals surface area contributed by atoms with Crippen molar-refractivity contribution in [2.75, 3.05) is 0 Å². The van der Waals surface area contributed by atoms with E-state index in [1.165, 1.54) is 5.56 Å². The molecule has 0 aliphatic rings. The molecular formula is C29H24ClN5OS. The molecular weight excluding hydrogens is 502 g/mol. The van der Waals surface area contributed by atoms with Crippen molar-refractivity contribution >= 4 is 29.3 Å². The zero-order valence-corrected chi connectivity index (χ0v) is 21.7. The second-order valence-corrected chi connectivity index (χ2v) is 9.83. The number of nitrogens with one attached hydrogen (secondary N) is 1. The van der Waals surface area contributed by atoms with Crippen LogP contribution in [0.5, 0.6) is 0 Å². The van der Waals surface area contributed by atoms with Crippen molar-refractivity contribution in [3.63, 3.8) is 0 Å². The van der Waals surface area contributed by atoms with Gasteiger partial charge in [0, 0.05) is 41.5 Å². The summed E-state index contributed by atoms with van der Waals surface area (Å²) in [5, 5.41) is 13.3. The molecule has 3 aromatic carbocycles. The highest BCUT2D eigenvalue weighted by molar-refractivity contribution is 7.98. The van der Waals surface area contributed by atoms with Gasteiger partial charge < -0.3 is 5.32 Å². The Morgan fingerprint density at radius 3 is 2.35 bits per heavy atom. The van der Waals surface area contributed by atoms with Crippen LogP contribution in [-0.2, 0) is 12.3 Å². The van der Waals surface area contributed by atoms with E-state index in [1.54, 1.807) is 24.2 Å². The van der Waals surface area contributed by atoms with E-state index in [-0.39, 0.29) is 5.91 Å². The largest absolute Gasteiger partial charge is 0.348 e. The molecule has 2 heterocycles. The molecule has 5 aromatic rings. The lowest BCUT2D eigenvalue weighted by Gasteiger charge is -2.12. The lowest BCUT2D eigenvalue weighted by Crippen LogP contribution is -2.22. The zero-order chi connectivity index (χ0) is 25.6. The normalized spacial score (nSPS) is 10.9. The van der Waals surface area contributed by atoms with Crippen molar-refractivity contribution in [1.82, 2.24) is 25.1 Å². The summed E-state index contributed by atoms with van der Waals surface area (Å²) in [6.07, 6.45) is 3.43. The highest BCUT2D eigenvalue weighted by atomic mass is 35.5. The van der Waals surface area contributed by atoms with Crippen molar-refractivity contribution in [2.24, 2.45) is 0 Å². The van der Waals surface area contributed by atoms with Gasteiger partial charge in [-0.05, 0) is 66.6 Å². The van der Waals surface area contributed by atoms with Crippen LogP contribution < -0.4 is 5.32 Å². The number of amides is 1. The minimum Gasteiger partial charge on any atom is -0.348 e. The fraction of sp³-hybridized carbons (Fsp3) is 0.103. The van der Waals surface area contributed by atoms with Crippen LogP contribution in [0.3, 0.4) is 0 Å². The Labute approximate surface area is 224 Å². The third-order valence-electron chi connectivity index (χ3n) is 5.83. The predicted molar refractivity (Wildman–Crippen MR) is 148 cm³/mol. The summed E-state index contributed by atoms with van der Waals surface area (Å²) in [7, 11) is 0. The summed E-state index contributed by atoms with van der Waals surface area (Å²) < 4.78 is 2.03. The summed E-state index contributed by atoms with van der Waals surface area (Å²) in [5.74, 6) is 1.25. The Hall–Kier alpha value is -3.94. The number of thioether (sulfide) groups is 1. The number of aromatic nitrogens is 4. The molecule has 0 saturated carbocycles. The number of rotatable bonds is 8. The average molecular weight is 526 g/mol. The van der Waals surface area contributed by atoms with Gasteiger partial charge in [-0.1, -0.05) is 65.3 Å². The third kappa shape index (κ3) is 5.90. The van der Waals surface area contributed by atoms with E-state index < -0.39 is 0 Å². The maximum Gasteiger partial charge on any atom is 0.251 e. The van der Waals surface area contributed by atoms with Gasteiger partial charge in [0.25, 0.3) is 5.91 Å². The molecule has 2 aromatic heterocycles. The van der Waals surface area contributed by atoms with Crippen LogP contribution in [0, 0.1) is 6.92 Å². The lowest BCUT2D eigenvalue weighted by molar-refractivity contribution is 0.0951. The van der Waals surface area contributed by atoms with Gasteiger partial charge in [-0.25, -0.2) is 0 Å². The second kappa shape index (κ2) is 11.4. The first kappa shape index (κ1) is 24.7. The molecule has 0 aliphatic carbocycles.